The molecule has 1 heterocycles. The molecule has 0 aliphatic heterocycles. The lowest BCUT2D eigenvalue weighted by Gasteiger charge is -2.08. The molecule has 2 aromatic rings. The molecule has 5 nitrogen and oxygen atoms in total. The largest absolute Gasteiger partial charge is 0.323 e. The Morgan fingerprint density at radius 2 is 2.10 bits per heavy atom. The summed E-state index contributed by atoms with van der Waals surface area (Å²) >= 11 is 5.73. The highest BCUT2D eigenvalue weighted by Gasteiger charge is 2.17. The van der Waals surface area contributed by atoms with Gasteiger partial charge in [-0.2, -0.15) is 0 Å². The molecule has 0 unspecified atom stereocenters. The number of rotatable bonds is 5. The first kappa shape index (κ1) is 15.1. The van der Waals surface area contributed by atoms with E-state index in [4.69, 9.17) is 11.6 Å². The van der Waals surface area contributed by atoms with Crippen LogP contribution in [0.15, 0.2) is 12.1 Å². The number of nitrogens with one attached hydrogen (secondary N) is 1. The molecule has 0 saturated carbocycles. The molecule has 0 saturated heterocycles. The van der Waals surface area contributed by atoms with Crippen LogP contribution in [0.4, 0.5) is 8.78 Å². The van der Waals surface area contributed by atoms with Crippen molar-refractivity contribution in [1.29, 1.82) is 0 Å². The number of fused-ring (bicyclic) bond motifs is 1. The number of aromatic nitrogens is 2. The SMILES string of the molecule is CS(=O)(=O)NCCn1c(CCl)nc2ccc(F)c(F)c21. The quantitative estimate of drug-likeness (QED) is 0.850. The first-order valence-electron chi connectivity index (χ1n) is 5.67. The predicted octanol–water partition coefficient (Wildman–Crippen LogP) is 1.60. The van der Waals surface area contributed by atoms with Gasteiger partial charge in [0, 0.05) is 13.1 Å². The van der Waals surface area contributed by atoms with E-state index in [1.165, 1.54) is 10.6 Å². The summed E-state index contributed by atoms with van der Waals surface area (Å²) in [6.07, 6.45) is 1.02. The molecule has 0 amide bonds. The number of imidazole rings is 1. The van der Waals surface area contributed by atoms with Gasteiger partial charge >= 0.3 is 0 Å². The molecule has 2 rings (SSSR count). The first-order chi connectivity index (χ1) is 9.33. The van der Waals surface area contributed by atoms with E-state index in [0.29, 0.717) is 5.82 Å². The van der Waals surface area contributed by atoms with Gasteiger partial charge in [-0.1, -0.05) is 0 Å². The van der Waals surface area contributed by atoms with Crippen molar-refractivity contribution in [3.05, 3.63) is 29.6 Å². The van der Waals surface area contributed by atoms with Crippen LogP contribution in [0.3, 0.4) is 0 Å². The van der Waals surface area contributed by atoms with E-state index in [9.17, 15) is 17.2 Å². The zero-order valence-corrected chi connectivity index (χ0v) is 12.1. The summed E-state index contributed by atoms with van der Waals surface area (Å²) < 4.78 is 52.8. The van der Waals surface area contributed by atoms with Crippen LogP contribution in [0.1, 0.15) is 5.82 Å². The molecular formula is C11H12ClF2N3O2S. The molecule has 9 heteroatoms. The maximum absolute atomic E-state index is 13.9. The third-order valence-electron chi connectivity index (χ3n) is 2.70. The molecule has 0 spiro atoms. The lowest BCUT2D eigenvalue weighted by molar-refractivity contribution is 0.510. The summed E-state index contributed by atoms with van der Waals surface area (Å²) in [5.74, 6) is -1.66. The van der Waals surface area contributed by atoms with Gasteiger partial charge in [-0.15, -0.1) is 11.6 Å². The average molecular weight is 324 g/mol. The molecule has 0 bridgehead atoms. The molecule has 1 aromatic carbocycles. The third-order valence-corrected chi connectivity index (χ3v) is 3.67. The van der Waals surface area contributed by atoms with Gasteiger partial charge in [-0.3, -0.25) is 0 Å². The number of nitrogens with zero attached hydrogens (tertiary/aromatic N) is 2. The van der Waals surface area contributed by atoms with Crippen LogP contribution in [-0.4, -0.2) is 30.8 Å². The van der Waals surface area contributed by atoms with Gasteiger partial charge in [-0.05, 0) is 12.1 Å². The van der Waals surface area contributed by atoms with Crippen LogP contribution in [0, 0.1) is 11.6 Å². The Labute approximate surface area is 119 Å². The van der Waals surface area contributed by atoms with Crippen molar-refractivity contribution in [2.45, 2.75) is 12.4 Å². The van der Waals surface area contributed by atoms with Gasteiger partial charge < -0.3 is 4.57 Å². The maximum Gasteiger partial charge on any atom is 0.208 e. The first-order valence-corrected chi connectivity index (χ1v) is 8.10. The zero-order chi connectivity index (χ0) is 14.9. The van der Waals surface area contributed by atoms with Crippen molar-refractivity contribution >= 4 is 32.7 Å². The molecule has 110 valence electrons. The number of sulfonamides is 1. The van der Waals surface area contributed by atoms with Gasteiger partial charge in [-0.25, -0.2) is 26.9 Å². The lowest BCUT2D eigenvalue weighted by atomic mass is 10.3. The minimum atomic E-state index is -3.35. The van der Waals surface area contributed by atoms with E-state index in [0.717, 1.165) is 12.3 Å². The van der Waals surface area contributed by atoms with Crippen molar-refractivity contribution in [2.24, 2.45) is 0 Å². The molecule has 0 aliphatic rings. The fraction of sp³-hybridized carbons (Fsp3) is 0.364. The van der Waals surface area contributed by atoms with Gasteiger partial charge in [0.15, 0.2) is 11.6 Å². The molecule has 1 N–H and O–H groups in total. The Morgan fingerprint density at radius 3 is 2.70 bits per heavy atom. The van der Waals surface area contributed by atoms with Crippen molar-refractivity contribution in [1.82, 2.24) is 14.3 Å². The predicted molar refractivity (Wildman–Crippen MR) is 72.1 cm³/mol. The topological polar surface area (TPSA) is 64.0 Å². The number of alkyl halides is 1. The molecular weight excluding hydrogens is 312 g/mol. The van der Waals surface area contributed by atoms with Gasteiger partial charge in [0.25, 0.3) is 0 Å². The highest BCUT2D eigenvalue weighted by Crippen LogP contribution is 2.22. The fourth-order valence-electron chi connectivity index (χ4n) is 1.89. The van der Waals surface area contributed by atoms with E-state index in [2.05, 4.69) is 9.71 Å². The molecule has 1 aromatic heterocycles. The number of benzene rings is 1. The van der Waals surface area contributed by atoms with Crippen molar-refractivity contribution < 1.29 is 17.2 Å². The Balaban J connectivity index is 2.42. The van der Waals surface area contributed by atoms with Crippen LogP contribution in [-0.2, 0) is 22.4 Å². The summed E-state index contributed by atoms with van der Waals surface area (Å²) in [5.41, 5.74) is 0.259. The van der Waals surface area contributed by atoms with E-state index < -0.39 is 21.7 Å². The van der Waals surface area contributed by atoms with Crippen LogP contribution < -0.4 is 4.72 Å². The second-order valence-electron chi connectivity index (χ2n) is 4.21. The number of halogens is 3. The van der Waals surface area contributed by atoms with Crippen molar-refractivity contribution in [2.75, 3.05) is 12.8 Å². The Bertz CT molecular complexity index is 746. The Kier molecular flexibility index (Phi) is 4.26. The second-order valence-corrected chi connectivity index (χ2v) is 6.31. The van der Waals surface area contributed by atoms with Gasteiger partial charge in [0.1, 0.15) is 11.3 Å². The monoisotopic (exact) mass is 323 g/mol. The standard InChI is InChI=1S/C11H12ClF2N3O2S/c1-20(18,19)15-4-5-17-9(6-12)16-8-3-2-7(13)10(14)11(8)17/h2-3,15H,4-6H2,1H3. The normalized spacial score (nSPS) is 12.2. The summed E-state index contributed by atoms with van der Waals surface area (Å²) in [7, 11) is -3.35. The van der Waals surface area contributed by atoms with Gasteiger partial charge in [0.2, 0.25) is 10.0 Å². The van der Waals surface area contributed by atoms with E-state index in [1.807, 2.05) is 0 Å². The van der Waals surface area contributed by atoms with Crippen LogP contribution in [0.25, 0.3) is 11.0 Å². The molecule has 20 heavy (non-hydrogen) atoms. The molecule has 0 radical (unpaired) electrons. The van der Waals surface area contributed by atoms with E-state index >= 15 is 0 Å². The van der Waals surface area contributed by atoms with Crippen LogP contribution in [0.2, 0.25) is 0 Å². The Hall–Kier alpha value is -1.25. The van der Waals surface area contributed by atoms with Crippen LogP contribution in [0.5, 0.6) is 0 Å². The minimum Gasteiger partial charge on any atom is -0.323 e. The van der Waals surface area contributed by atoms with Crippen molar-refractivity contribution in [3.8, 4) is 0 Å². The second kappa shape index (κ2) is 5.63. The molecule has 0 atom stereocenters. The molecule has 0 aliphatic carbocycles. The fourth-order valence-corrected chi connectivity index (χ4v) is 2.56. The molecule has 0 fully saturated rings. The highest BCUT2D eigenvalue weighted by molar-refractivity contribution is 7.88. The lowest BCUT2D eigenvalue weighted by Crippen LogP contribution is -2.26. The van der Waals surface area contributed by atoms with Crippen LogP contribution >= 0.6 is 11.6 Å². The summed E-state index contributed by atoms with van der Waals surface area (Å²) in [4.78, 5) is 4.10. The third kappa shape index (κ3) is 3.08. The minimum absolute atomic E-state index is 0.00855. The summed E-state index contributed by atoms with van der Waals surface area (Å²) in [5, 5.41) is 0. The highest BCUT2D eigenvalue weighted by atomic mass is 35.5. The summed E-state index contributed by atoms with van der Waals surface area (Å²) in [6.45, 7) is 0.135. The smallest absolute Gasteiger partial charge is 0.208 e. The summed E-state index contributed by atoms with van der Waals surface area (Å²) in [6, 6.07) is 2.34. The number of hydrogen-bond acceptors (Lipinski definition) is 3. The Morgan fingerprint density at radius 1 is 1.40 bits per heavy atom. The van der Waals surface area contributed by atoms with Crippen molar-refractivity contribution in [3.63, 3.8) is 0 Å². The van der Waals surface area contributed by atoms with Gasteiger partial charge in [0.05, 0.1) is 17.7 Å². The van der Waals surface area contributed by atoms with E-state index in [1.54, 1.807) is 0 Å². The zero-order valence-electron chi connectivity index (χ0n) is 10.5. The maximum atomic E-state index is 13.9. The average Bonchev–Trinajstić information content (AvgIpc) is 2.71. The van der Waals surface area contributed by atoms with E-state index in [-0.39, 0.29) is 30.0 Å². The number of hydrogen-bond donors (Lipinski definition) is 1.